The molecule has 1 aromatic carbocycles. The van der Waals surface area contributed by atoms with E-state index in [2.05, 4.69) is 5.32 Å². The lowest BCUT2D eigenvalue weighted by Gasteiger charge is -2.09. The zero-order valence-corrected chi connectivity index (χ0v) is 9.86. The molecule has 1 aromatic rings. The number of amides is 1. The van der Waals surface area contributed by atoms with Crippen LogP contribution in [0.1, 0.15) is 5.56 Å². The fourth-order valence-corrected chi connectivity index (χ4v) is 1.47. The Balaban J connectivity index is 2.68. The van der Waals surface area contributed by atoms with Crippen molar-refractivity contribution in [3.63, 3.8) is 0 Å². The van der Waals surface area contributed by atoms with Crippen molar-refractivity contribution in [1.82, 2.24) is 0 Å². The fourth-order valence-electron chi connectivity index (χ4n) is 1.11. The van der Waals surface area contributed by atoms with E-state index in [0.29, 0.717) is 0 Å². The SMILES string of the molecule is N=C(N)SCC(=O)Nc1cccc(C(F)(F)F)c1. The molecule has 0 atom stereocenters. The van der Waals surface area contributed by atoms with Gasteiger partial charge in [0.05, 0.1) is 11.3 Å². The first-order valence-electron chi connectivity index (χ1n) is 4.73. The second-order valence-corrected chi connectivity index (χ2v) is 4.30. The van der Waals surface area contributed by atoms with Gasteiger partial charge in [-0.2, -0.15) is 13.2 Å². The van der Waals surface area contributed by atoms with E-state index in [1.807, 2.05) is 0 Å². The van der Waals surface area contributed by atoms with Crippen LogP contribution < -0.4 is 11.1 Å². The molecular weight excluding hydrogens is 267 g/mol. The van der Waals surface area contributed by atoms with E-state index >= 15 is 0 Å². The molecule has 0 aliphatic rings. The molecule has 0 unspecified atom stereocenters. The Labute approximate surface area is 105 Å². The van der Waals surface area contributed by atoms with Crippen molar-refractivity contribution in [2.24, 2.45) is 5.73 Å². The van der Waals surface area contributed by atoms with Gasteiger partial charge in [-0.3, -0.25) is 10.2 Å². The summed E-state index contributed by atoms with van der Waals surface area (Å²) in [7, 11) is 0. The number of hydrogen-bond donors (Lipinski definition) is 3. The average Bonchev–Trinajstić information content (AvgIpc) is 2.25. The summed E-state index contributed by atoms with van der Waals surface area (Å²) in [6.07, 6.45) is -4.45. The third kappa shape index (κ3) is 4.66. The van der Waals surface area contributed by atoms with Crippen molar-refractivity contribution < 1.29 is 18.0 Å². The van der Waals surface area contributed by atoms with Crippen molar-refractivity contribution >= 4 is 28.5 Å². The number of amidine groups is 1. The molecule has 4 N–H and O–H groups in total. The van der Waals surface area contributed by atoms with Gasteiger partial charge in [-0.15, -0.1) is 0 Å². The molecule has 0 aromatic heterocycles. The van der Waals surface area contributed by atoms with E-state index in [1.54, 1.807) is 0 Å². The molecule has 0 spiro atoms. The topological polar surface area (TPSA) is 79.0 Å². The number of benzene rings is 1. The van der Waals surface area contributed by atoms with Gasteiger partial charge >= 0.3 is 6.18 Å². The van der Waals surface area contributed by atoms with Gasteiger partial charge in [0.25, 0.3) is 0 Å². The van der Waals surface area contributed by atoms with Gasteiger partial charge in [0, 0.05) is 5.69 Å². The molecular formula is C10H10F3N3OS. The van der Waals surface area contributed by atoms with Crippen molar-refractivity contribution in [3.8, 4) is 0 Å². The zero-order chi connectivity index (χ0) is 13.8. The molecule has 0 heterocycles. The minimum atomic E-state index is -4.45. The van der Waals surface area contributed by atoms with Crippen molar-refractivity contribution in [2.45, 2.75) is 6.18 Å². The Hall–Kier alpha value is -1.70. The van der Waals surface area contributed by atoms with Gasteiger partial charge in [0.1, 0.15) is 0 Å². The number of anilines is 1. The van der Waals surface area contributed by atoms with Crippen LogP contribution in [0.4, 0.5) is 18.9 Å². The first-order chi connectivity index (χ1) is 8.29. The second-order valence-electron chi connectivity index (χ2n) is 3.28. The molecule has 0 radical (unpaired) electrons. The summed E-state index contributed by atoms with van der Waals surface area (Å²) in [5.41, 5.74) is 4.25. The monoisotopic (exact) mass is 277 g/mol. The van der Waals surface area contributed by atoms with Gasteiger partial charge in [-0.1, -0.05) is 17.8 Å². The number of halogens is 3. The van der Waals surface area contributed by atoms with Crippen LogP contribution in [0.3, 0.4) is 0 Å². The summed E-state index contributed by atoms with van der Waals surface area (Å²) in [6.45, 7) is 0. The van der Waals surface area contributed by atoms with E-state index in [0.717, 1.165) is 23.9 Å². The Morgan fingerprint density at radius 1 is 1.44 bits per heavy atom. The zero-order valence-electron chi connectivity index (χ0n) is 9.04. The van der Waals surface area contributed by atoms with Crippen LogP contribution in [0.2, 0.25) is 0 Å². The molecule has 98 valence electrons. The number of carbonyl (C=O) groups excluding carboxylic acids is 1. The van der Waals surface area contributed by atoms with Crippen LogP contribution in [0.25, 0.3) is 0 Å². The minimum absolute atomic E-state index is 0.0546. The quantitative estimate of drug-likeness (QED) is 0.585. The lowest BCUT2D eigenvalue weighted by molar-refractivity contribution is -0.137. The molecule has 8 heteroatoms. The number of nitrogens with one attached hydrogen (secondary N) is 2. The summed E-state index contributed by atoms with van der Waals surface area (Å²) in [5.74, 6) is -0.638. The Bertz CT molecular complexity index is 462. The highest BCUT2D eigenvalue weighted by Crippen LogP contribution is 2.30. The summed E-state index contributed by atoms with van der Waals surface area (Å²) >= 11 is 0.795. The maximum Gasteiger partial charge on any atom is 0.416 e. The molecule has 1 amide bonds. The normalized spacial score (nSPS) is 11.1. The van der Waals surface area contributed by atoms with E-state index in [4.69, 9.17) is 11.1 Å². The summed E-state index contributed by atoms with van der Waals surface area (Å²) < 4.78 is 37.2. The molecule has 4 nitrogen and oxygen atoms in total. The Morgan fingerprint density at radius 2 is 2.11 bits per heavy atom. The lowest BCUT2D eigenvalue weighted by atomic mass is 10.2. The highest BCUT2D eigenvalue weighted by atomic mass is 32.2. The smallest absolute Gasteiger partial charge is 0.379 e. The minimum Gasteiger partial charge on any atom is -0.379 e. The van der Waals surface area contributed by atoms with Gasteiger partial charge in [0.2, 0.25) is 5.91 Å². The molecule has 0 bridgehead atoms. The van der Waals surface area contributed by atoms with Crippen LogP contribution in [-0.4, -0.2) is 16.8 Å². The molecule has 1 rings (SSSR count). The largest absolute Gasteiger partial charge is 0.416 e. The highest BCUT2D eigenvalue weighted by Gasteiger charge is 2.30. The van der Waals surface area contributed by atoms with E-state index in [9.17, 15) is 18.0 Å². The predicted molar refractivity (Wildman–Crippen MR) is 64.4 cm³/mol. The van der Waals surface area contributed by atoms with E-state index in [-0.39, 0.29) is 16.6 Å². The molecule has 0 fully saturated rings. The average molecular weight is 277 g/mol. The highest BCUT2D eigenvalue weighted by molar-refractivity contribution is 8.14. The van der Waals surface area contributed by atoms with E-state index < -0.39 is 17.6 Å². The van der Waals surface area contributed by atoms with Crippen LogP contribution in [0.15, 0.2) is 24.3 Å². The number of carbonyl (C=O) groups is 1. The number of nitrogens with two attached hydrogens (primary N) is 1. The van der Waals surface area contributed by atoms with Crippen molar-refractivity contribution in [3.05, 3.63) is 29.8 Å². The van der Waals surface area contributed by atoms with Crippen molar-refractivity contribution in [1.29, 1.82) is 5.41 Å². The Morgan fingerprint density at radius 3 is 2.67 bits per heavy atom. The third-order valence-corrected chi connectivity index (χ3v) is 2.55. The summed E-state index contributed by atoms with van der Waals surface area (Å²) in [4.78, 5) is 11.3. The maximum atomic E-state index is 12.4. The standard InChI is InChI=1S/C10H10F3N3OS/c11-10(12,13)6-2-1-3-7(4-6)16-8(17)5-18-9(14)15/h1-4H,5H2,(H3,14,15)(H,16,17). The summed E-state index contributed by atoms with van der Waals surface area (Å²) in [6, 6.07) is 4.32. The number of rotatable bonds is 3. The molecule has 0 saturated heterocycles. The van der Waals surface area contributed by atoms with E-state index in [1.165, 1.54) is 12.1 Å². The first kappa shape index (κ1) is 14.4. The lowest BCUT2D eigenvalue weighted by Crippen LogP contribution is -2.17. The molecule has 0 aliphatic heterocycles. The predicted octanol–water partition coefficient (Wildman–Crippen LogP) is 2.27. The van der Waals surface area contributed by atoms with Gasteiger partial charge in [-0.25, -0.2) is 0 Å². The van der Waals surface area contributed by atoms with Gasteiger partial charge in [0.15, 0.2) is 5.17 Å². The summed E-state index contributed by atoms with van der Waals surface area (Å²) in [5, 5.41) is 8.97. The van der Waals surface area contributed by atoms with Crippen LogP contribution in [0, 0.1) is 5.41 Å². The second kappa shape index (κ2) is 5.76. The van der Waals surface area contributed by atoms with Crippen LogP contribution in [-0.2, 0) is 11.0 Å². The molecule has 0 saturated carbocycles. The molecule has 18 heavy (non-hydrogen) atoms. The number of alkyl halides is 3. The number of thioether (sulfide) groups is 1. The van der Waals surface area contributed by atoms with Gasteiger partial charge in [-0.05, 0) is 18.2 Å². The Kier molecular flexibility index (Phi) is 4.60. The molecule has 0 aliphatic carbocycles. The van der Waals surface area contributed by atoms with Crippen LogP contribution >= 0.6 is 11.8 Å². The maximum absolute atomic E-state index is 12.4. The van der Waals surface area contributed by atoms with Crippen molar-refractivity contribution in [2.75, 3.05) is 11.1 Å². The third-order valence-electron chi connectivity index (χ3n) is 1.83. The first-order valence-corrected chi connectivity index (χ1v) is 5.71. The number of hydrogen-bond acceptors (Lipinski definition) is 3. The fraction of sp³-hybridized carbons (Fsp3) is 0.200. The van der Waals surface area contributed by atoms with Crippen LogP contribution in [0.5, 0.6) is 0 Å². The van der Waals surface area contributed by atoms with Gasteiger partial charge < -0.3 is 11.1 Å².